The maximum atomic E-state index is 14.4. The molecule has 0 radical (unpaired) electrons. The van der Waals surface area contributed by atoms with Crippen molar-refractivity contribution in [1.82, 2.24) is 4.57 Å². The number of primary amides is 1. The Labute approximate surface area is 249 Å². The number of benzene rings is 2. The Morgan fingerprint density at radius 3 is 2.49 bits per heavy atom. The van der Waals surface area contributed by atoms with Crippen molar-refractivity contribution in [3.8, 4) is 22.6 Å². The number of halogens is 5. The van der Waals surface area contributed by atoms with Crippen molar-refractivity contribution in [3.63, 3.8) is 0 Å². The number of rotatable bonds is 11. The topological polar surface area (TPSA) is 110 Å². The molecule has 3 aromatic rings. The van der Waals surface area contributed by atoms with E-state index in [4.69, 9.17) is 31.5 Å². The normalized spacial score (nSPS) is 16.0. The van der Waals surface area contributed by atoms with Crippen LogP contribution in [0.25, 0.3) is 11.1 Å². The number of alkyl halides is 3. The van der Waals surface area contributed by atoms with Crippen molar-refractivity contribution < 1.29 is 41.4 Å². The Kier molecular flexibility index (Phi) is 10.1. The Hall–Kier alpha value is -3.90. The second kappa shape index (κ2) is 13.6. The van der Waals surface area contributed by atoms with Gasteiger partial charge in [0, 0.05) is 41.7 Å². The summed E-state index contributed by atoms with van der Waals surface area (Å²) >= 11 is 6.13. The van der Waals surface area contributed by atoms with E-state index in [9.17, 15) is 31.9 Å². The fourth-order valence-corrected chi connectivity index (χ4v) is 5.15. The fraction of sp³-hybridized carbons (Fsp3) is 0.367. The summed E-state index contributed by atoms with van der Waals surface area (Å²) in [5.74, 6) is -2.37. The van der Waals surface area contributed by atoms with Crippen LogP contribution in [0.5, 0.6) is 11.5 Å². The quantitative estimate of drug-likeness (QED) is 0.276. The van der Waals surface area contributed by atoms with Gasteiger partial charge in [0.15, 0.2) is 12.4 Å². The van der Waals surface area contributed by atoms with E-state index in [1.165, 1.54) is 48.2 Å². The highest BCUT2D eigenvalue weighted by Gasteiger charge is 2.31. The van der Waals surface area contributed by atoms with Gasteiger partial charge >= 0.3 is 6.18 Å². The number of ether oxygens (including phenoxy) is 3. The first-order valence-electron chi connectivity index (χ1n) is 13.4. The molecular weight excluding hydrogens is 596 g/mol. The van der Waals surface area contributed by atoms with E-state index in [0.717, 1.165) is 25.0 Å². The van der Waals surface area contributed by atoms with E-state index in [2.05, 4.69) is 0 Å². The molecule has 1 fully saturated rings. The summed E-state index contributed by atoms with van der Waals surface area (Å²) in [7, 11) is 1.30. The van der Waals surface area contributed by atoms with Crippen LogP contribution >= 0.6 is 11.6 Å². The molecule has 0 saturated carbocycles. The summed E-state index contributed by atoms with van der Waals surface area (Å²) < 4.78 is 70.6. The van der Waals surface area contributed by atoms with Crippen molar-refractivity contribution in [2.24, 2.45) is 5.73 Å². The number of methoxy groups -OCH3 is 1. The molecule has 43 heavy (non-hydrogen) atoms. The van der Waals surface area contributed by atoms with E-state index in [1.54, 1.807) is 0 Å². The summed E-state index contributed by atoms with van der Waals surface area (Å²) in [5, 5.41) is 0.178. The van der Waals surface area contributed by atoms with Crippen LogP contribution in [0, 0.1) is 5.82 Å². The van der Waals surface area contributed by atoms with Gasteiger partial charge in [-0.2, -0.15) is 13.2 Å². The molecule has 13 heteroatoms. The molecule has 2 aromatic carbocycles. The highest BCUT2D eigenvalue weighted by molar-refractivity contribution is 6.31. The number of Topliss-reactive ketones (excluding diaryl/α,β-unsaturated/α-hetero) is 1. The molecule has 1 aromatic heterocycles. The van der Waals surface area contributed by atoms with Crippen LogP contribution in [0.1, 0.15) is 47.6 Å². The standard InChI is InChI=1S/C30H29ClF4N2O6/c1-41-27-15-37(28(39)14-22(27)21-12-18(31)6-8-26(21)43-16-30(33,34)35)24(13-19-4-2-3-9-42-19)25(38)11-17-5-7-20(29(36)40)23(32)10-17/h5-8,10,12,14-15,19,24H,2-4,9,11,13,16H2,1H3,(H2,36,40)/t19-,24?/m1/s1. The van der Waals surface area contributed by atoms with E-state index >= 15 is 0 Å². The number of ketones is 1. The molecule has 0 bridgehead atoms. The van der Waals surface area contributed by atoms with Gasteiger partial charge in [-0.25, -0.2) is 4.39 Å². The van der Waals surface area contributed by atoms with Crippen molar-refractivity contribution in [2.45, 2.75) is 50.4 Å². The number of aromatic nitrogens is 1. The lowest BCUT2D eigenvalue weighted by Gasteiger charge is -2.28. The van der Waals surface area contributed by atoms with Gasteiger partial charge in [-0.15, -0.1) is 0 Å². The summed E-state index contributed by atoms with van der Waals surface area (Å²) in [5.41, 5.74) is 4.66. The van der Waals surface area contributed by atoms with Crippen molar-refractivity contribution in [2.75, 3.05) is 20.3 Å². The Bertz CT molecular complexity index is 1550. The fourth-order valence-electron chi connectivity index (χ4n) is 4.97. The minimum Gasteiger partial charge on any atom is -0.495 e. The number of hydrogen-bond acceptors (Lipinski definition) is 6. The third-order valence-corrected chi connectivity index (χ3v) is 7.27. The summed E-state index contributed by atoms with van der Waals surface area (Å²) in [6.07, 6.45) is -1.37. The molecule has 0 aliphatic carbocycles. The molecule has 1 amide bonds. The zero-order chi connectivity index (χ0) is 31.3. The third-order valence-electron chi connectivity index (χ3n) is 7.03. The third kappa shape index (κ3) is 8.14. The molecule has 1 unspecified atom stereocenters. The summed E-state index contributed by atoms with van der Waals surface area (Å²) in [4.78, 5) is 38.6. The van der Waals surface area contributed by atoms with E-state index < -0.39 is 41.9 Å². The SMILES string of the molecule is COc1cn(C(C[C@H]2CCCCO2)C(=O)Cc2ccc(C(N)=O)c(F)c2)c(=O)cc1-c1cc(Cl)ccc1OCC(F)(F)F. The lowest BCUT2D eigenvalue weighted by molar-refractivity contribution is -0.153. The molecule has 8 nitrogen and oxygen atoms in total. The molecule has 1 saturated heterocycles. The van der Waals surface area contributed by atoms with Gasteiger partial charge in [-0.1, -0.05) is 17.7 Å². The van der Waals surface area contributed by atoms with E-state index in [1.807, 2.05) is 0 Å². The first-order valence-corrected chi connectivity index (χ1v) is 13.8. The van der Waals surface area contributed by atoms with Crippen LogP contribution in [0.15, 0.2) is 53.5 Å². The van der Waals surface area contributed by atoms with Gasteiger partial charge in [0.1, 0.15) is 17.3 Å². The zero-order valence-electron chi connectivity index (χ0n) is 23.1. The molecule has 230 valence electrons. The number of carbonyl (C=O) groups is 2. The summed E-state index contributed by atoms with van der Waals surface area (Å²) in [6.45, 7) is -1.07. The van der Waals surface area contributed by atoms with Crippen LogP contribution in [-0.2, 0) is 16.0 Å². The highest BCUT2D eigenvalue weighted by atomic mass is 35.5. The first kappa shape index (κ1) is 32.0. The van der Waals surface area contributed by atoms with Crippen LogP contribution in [0.2, 0.25) is 5.02 Å². The first-order chi connectivity index (χ1) is 20.4. The van der Waals surface area contributed by atoms with Gasteiger partial charge in [0.2, 0.25) is 0 Å². The molecular formula is C30H29ClF4N2O6. The van der Waals surface area contributed by atoms with Gasteiger partial charge < -0.3 is 24.5 Å². The Morgan fingerprint density at radius 1 is 1.12 bits per heavy atom. The number of carbonyl (C=O) groups excluding carboxylic acids is 2. The maximum absolute atomic E-state index is 14.4. The lowest BCUT2D eigenvalue weighted by Crippen LogP contribution is -2.34. The number of nitrogens with two attached hydrogens (primary N) is 1. The van der Waals surface area contributed by atoms with Crippen LogP contribution < -0.4 is 20.8 Å². The lowest BCUT2D eigenvalue weighted by atomic mass is 9.94. The van der Waals surface area contributed by atoms with Crippen LogP contribution in [0.4, 0.5) is 17.6 Å². The second-order valence-electron chi connectivity index (χ2n) is 10.1. The number of pyridine rings is 1. The Balaban J connectivity index is 1.74. The smallest absolute Gasteiger partial charge is 0.422 e. The number of hydrogen-bond donors (Lipinski definition) is 1. The predicted molar refractivity (Wildman–Crippen MR) is 150 cm³/mol. The molecule has 2 heterocycles. The van der Waals surface area contributed by atoms with E-state index in [0.29, 0.717) is 13.0 Å². The average Bonchev–Trinajstić information content (AvgIpc) is 2.95. The number of nitrogens with zero attached hydrogens (tertiary/aromatic N) is 1. The van der Waals surface area contributed by atoms with Gasteiger partial charge in [-0.05, 0) is 55.2 Å². The van der Waals surface area contributed by atoms with Crippen LogP contribution in [-0.4, -0.2) is 48.9 Å². The maximum Gasteiger partial charge on any atom is 0.422 e. The van der Waals surface area contributed by atoms with Crippen molar-refractivity contribution in [1.29, 1.82) is 0 Å². The largest absolute Gasteiger partial charge is 0.495 e. The van der Waals surface area contributed by atoms with Gasteiger partial charge in [-0.3, -0.25) is 14.4 Å². The second-order valence-corrected chi connectivity index (χ2v) is 10.5. The van der Waals surface area contributed by atoms with Crippen molar-refractivity contribution >= 4 is 23.3 Å². The minimum atomic E-state index is -4.61. The molecule has 4 rings (SSSR count). The number of amides is 1. The predicted octanol–water partition coefficient (Wildman–Crippen LogP) is 5.67. The van der Waals surface area contributed by atoms with Crippen LogP contribution in [0.3, 0.4) is 0 Å². The molecule has 2 atom stereocenters. The minimum absolute atomic E-state index is 0.0675. The monoisotopic (exact) mass is 624 g/mol. The average molecular weight is 625 g/mol. The van der Waals surface area contributed by atoms with Crippen molar-refractivity contribution in [3.05, 3.63) is 81.0 Å². The zero-order valence-corrected chi connectivity index (χ0v) is 23.8. The van der Waals surface area contributed by atoms with Gasteiger partial charge in [0.25, 0.3) is 11.5 Å². The van der Waals surface area contributed by atoms with E-state index in [-0.39, 0.29) is 57.7 Å². The Morgan fingerprint density at radius 2 is 1.86 bits per heavy atom. The highest BCUT2D eigenvalue weighted by Crippen LogP contribution is 2.38. The summed E-state index contributed by atoms with van der Waals surface area (Å²) in [6, 6.07) is 7.66. The molecule has 0 spiro atoms. The molecule has 1 aliphatic heterocycles. The molecule has 1 aliphatic rings. The molecule has 2 N–H and O–H groups in total. The van der Waals surface area contributed by atoms with Gasteiger partial charge in [0.05, 0.1) is 31.0 Å².